The Bertz CT molecular complexity index is 589. The summed E-state index contributed by atoms with van der Waals surface area (Å²) in [5.74, 6) is -0.0313. The lowest BCUT2D eigenvalue weighted by Gasteiger charge is -2.11. The van der Waals surface area contributed by atoms with Crippen molar-refractivity contribution in [1.82, 2.24) is 9.97 Å². The van der Waals surface area contributed by atoms with Crippen LogP contribution >= 0.6 is 11.6 Å². The zero-order valence-electron chi connectivity index (χ0n) is 11.1. The predicted molar refractivity (Wildman–Crippen MR) is 80.2 cm³/mol. The van der Waals surface area contributed by atoms with E-state index in [1.807, 2.05) is 0 Å². The fourth-order valence-corrected chi connectivity index (χ4v) is 1.82. The maximum absolute atomic E-state index is 12.3. The molecule has 104 valence electrons. The Morgan fingerprint density at radius 3 is 2.75 bits per heavy atom. The molecule has 20 heavy (non-hydrogen) atoms. The molecule has 1 heterocycles. The Balaban J connectivity index is 2.21. The van der Waals surface area contributed by atoms with E-state index in [2.05, 4.69) is 27.5 Å². The third-order valence-corrected chi connectivity index (χ3v) is 2.82. The molecule has 0 aliphatic carbocycles. The third kappa shape index (κ3) is 3.68. The first-order valence-electron chi connectivity index (χ1n) is 6.32. The molecule has 0 unspecified atom stereocenters. The van der Waals surface area contributed by atoms with E-state index in [0.717, 1.165) is 18.7 Å². The van der Waals surface area contributed by atoms with Gasteiger partial charge in [0.25, 0.3) is 5.91 Å². The van der Waals surface area contributed by atoms with Gasteiger partial charge < -0.3 is 5.32 Å². The summed E-state index contributed by atoms with van der Waals surface area (Å²) in [5.41, 5.74) is 1.21. The van der Waals surface area contributed by atoms with Gasteiger partial charge in [-0.25, -0.2) is 9.97 Å². The number of hydrogen-bond donors (Lipinski definition) is 2. The average molecular weight is 291 g/mol. The first-order valence-corrected chi connectivity index (χ1v) is 6.70. The fourth-order valence-electron chi connectivity index (χ4n) is 1.65. The normalized spacial score (nSPS) is 10.1. The molecule has 2 N–H and O–H groups in total. The highest BCUT2D eigenvalue weighted by molar-refractivity contribution is 6.31. The van der Waals surface area contributed by atoms with Crippen molar-refractivity contribution in [3.63, 3.8) is 0 Å². The Hall–Kier alpha value is -2.14. The predicted octanol–water partition coefficient (Wildman–Crippen LogP) is 3.20. The number of carbonyl (C=O) groups excluding carboxylic acids is 1. The molecule has 0 radical (unpaired) electrons. The standard InChI is InChI=1S/C14H15ClN4O/c1-2-6-16-12-5-4-10(15)9-11(12)13(20)19-14-17-7-3-8-18-14/h3-5,7-9,16H,2,6H2,1H3,(H,17,18,19,20). The van der Waals surface area contributed by atoms with Crippen LogP contribution in [0.4, 0.5) is 11.6 Å². The molecule has 6 heteroatoms. The Kier molecular flexibility index (Phi) is 4.90. The first kappa shape index (κ1) is 14.3. The van der Waals surface area contributed by atoms with Crippen LogP contribution in [-0.4, -0.2) is 22.4 Å². The first-order chi connectivity index (χ1) is 9.70. The van der Waals surface area contributed by atoms with Gasteiger partial charge in [-0.15, -0.1) is 0 Å². The highest BCUT2D eigenvalue weighted by Gasteiger charge is 2.13. The van der Waals surface area contributed by atoms with Crippen LogP contribution in [0.3, 0.4) is 0 Å². The van der Waals surface area contributed by atoms with Crippen LogP contribution in [0.5, 0.6) is 0 Å². The van der Waals surface area contributed by atoms with Crippen molar-refractivity contribution in [1.29, 1.82) is 0 Å². The van der Waals surface area contributed by atoms with Gasteiger partial charge in [-0.1, -0.05) is 18.5 Å². The molecule has 2 aromatic rings. The van der Waals surface area contributed by atoms with E-state index in [-0.39, 0.29) is 11.9 Å². The largest absolute Gasteiger partial charge is 0.384 e. The van der Waals surface area contributed by atoms with Crippen LogP contribution in [0.25, 0.3) is 0 Å². The minimum absolute atomic E-state index is 0.263. The lowest BCUT2D eigenvalue weighted by molar-refractivity contribution is 0.102. The maximum Gasteiger partial charge on any atom is 0.260 e. The van der Waals surface area contributed by atoms with Crippen LogP contribution in [0.2, 0.25) is 5.02 Å². The molecule has 2 rings (SSSR count). The molecule has 0 spiro atoms. The van der Waals surface area contributed by atoms with Crippen molar-refractivity contribution in [2.24, 2.45) is 0 Å². The molecular formula is C14H15ClN4O. The summed E-state index contributed by atoms with van der Waals surface area (Å²) >= 11 is 5.96. The minimum Gasteiger partial charge on any atom is -0.384 e. The van der Waals surface area contributed by atoms with Gasteiger partial charge in [-0.3, -0.25) is 10.1 Å². The summed E-state index contributed by atoms with van der Waals surface area (Å²) in [6.07, 6.45) is 4.10. The topological polar surface area (TPSA) is 66.9 Å². The second-order valence-corrected chi connectivity index (χ2v) is 4.58. The smallest absolute Gasteiger partial charge is 0.260 e. The number of anilines is 2. The number of nitrogens with zero attached hydrogens (tertiary/aromatic N) is 2. The van der Waals surface area contributed by atoms with E-state index in [1.54, 1.807) is 36.7 Å². The summed E-state index contributed by atoms with van der Waals surface area (Å²) in [6.45, 7) is 2.84. The molecule has 0 fully saturated rings. The van der Waals surface area contributed by atoms with E-state index in [0.29, 0.717) is 10.6 Å². The number of benzene rings is 1. The van der Waals surface area contributed by atoms with Crippen molar-refractivity contribution in [3.05, 3.63) is 47.2 Å². The molecule has 1 aromatic heterocycles. The molecule has 5 nitrogen and oxygen atoms in total. The van der Waals surface area contributed by atoms with Gasteiger partial charge in [0.05, 0.1) is 5.56 Å². The highest BCUT2D eigenvalue weighted by atomic mass is 35.5. The van der Waals surface area contributed by atoms with Gasteiger partial charge in [0.1, 0.15) is 0 Å². The number of halogens is 1. The number of hydrogen-bond acceptors (Lipinski definition) is 4. The number of rotatable bonds is 5. The summed E-state index contributed by atoms with van der Waals surface area (Å²) in [4.78, 5) is 20.2. The van der Waals surface area contributed by atoms with Gasteiger partial charge in [-0.2, -0.15) is 0 Å². The molecule has 0 aliphatic heterocycles. The Morgan fingerprint density at radius 2 is 2.05 bits per heavy atom. The number of nitrogens with one attached hydrogen (secondary N) is 2. The fraction of sp³-hybridized carbons (Fsp3) is 0.214. The third-order valence-electron chi connectivity index (χ3n) is 2.58. The van der Waals surface area contributed by atoms with E-state index >= 15 is 0 Å². The lowest BCUT2D eigenvalue weighted by atomic mass is 10.1. The molecular weight excluding hydrogens is 276 g/mol. The molecule has 1 amide bonds. The van der Waals surface area contributed by atoms with E-state index < -0.39 is 0 Å². The molecule has 0 bridgehead atoms. The molecule has 0 atom stereocenters. The number of aromatic nitrogens is 2. The second kappa shape index (κ2) is 6.86. The van der Waals surface area contributed by atoms with Gasteiger partial charge in [0.15, 0.2) is 0 Å². The van der Waals surface area contributed by atoms with E-state index in [9.17, 15) is 4.79 Å². The van der Waals surface area contributed by atoms with Crippen LogP contribution in [0, 0.1) is 0 Å². The summed E-state index contributed by atoms with van der Waals surface area (Å²) in [5, 5.41) is 6.34. The maximum atomic E-state index is 12.3. The average Bonchev–Trinajstić information content (AvgIpc) is 2.47. The zero-order valence-corrected chi connectivity index (χ0v) is 11.8. The monoisotopic (exact) mass is 290 g/mol. The SMILES string of the molecule is CCCNc1ccc(Cl)cc1C(=O)Nc1ncccn1. The molecule has 0 saturated heterocycles. The number of carbonyl (C=O) groups is 1. The van der Waals surface area contributed by atoms with Crippen LogP contribution in [-0.2, 0) is 0 Å². The molecule has 1 aromatic carbocycles. The van der Waals surface area contributed by atoms with Crippen molar-refractivity contribution >= 4 is 29.1 Å². The highest BCUT2D eigenvalue weighted by Crippen LogP contribution is 2.21. The van der Waals surface area contributed by atoms with Crippen molar-refractivity contribution in [2.75, 3.05) is 17.2 Å². The van der Waals surface area contributed by atoms with Gasteiger partial charge in [0, 0.05) is 29.6 Å². The zero-order chi connectivity index (χ0) is 14.4. The second-order valence-electron chi connectivity index (χ2n) is 4.14. The van der Waals surface area contributed by atoms with Crippen LogP contribution in [0.15, 0.2) is 36.7 Å². The van der Waals surface area contributed by atoms with Crippen molar-refractivity contribution in [3.8, 4) is 0 Å². The van der Waals surface area contributed by atoms with Gasteiger partial charge >= 0.3 is 0 Å². The Labute approximate surface area is 122 Å². The summed E-state index contributed by atoms with van der Waals surface area (Å²) < 4.78 is 0. The van der Waals surface area contributed by atoms with Crippen molar-refractivity contribution in [2.45, 2.75) is 13.3 Å². The van der Waals surface area contributed by atoms with E-state index in [4.69, 9.17) is 11.6 Å². The van der Waals surface area contributed by atoms with E-state index in [1.165, 1.54) is 0 Å². The molecule has 0 saturated carbocycles. The van der Waals surface area contributed by atoms with Crippen LogP contribution < -0.4 is 10.6 Å². The number of amides is 1. The van der Waals surface area contributed by atoms with Gasteiger partial charge in [0.2, 0.25) is 5.95 Å². The minimum atomic E-state index is -0.294. The van der Waals surface area contributed by atoms with Crippen molar-refractivity contribution < 1.29 is 4.79 Å². The summed E-state index contributed by atoms with van der Waals surface area (Å²) in [7, 11) is 0. The quantitative estimate of drug-likeness (QED) is 0.887. The molecule has 0 aliphatic rings. The Morgan fingerprint density at radius 1 is 1.30 bits per heavy atom. The lowest BCUT2D eigenvalue weighted by Crippen LogP contribution is -2.16. The van der Waals surface area contributed by atoms with Crippen LogP contribution in [0.1, 0.15) is 23.7 Å². The van der Waals surface area contributed by atoms with Gasteiger partial charge in [-0.05, 0) is 30.7 Å². The summed E-state index contributed by atoms with van der Waals surface area (Å²) in [6, 6.07) is 6.84.